The molecule has 0 radical (unpaired) electrons. The Kier molecular flexibility index (Phi) is 4.77. The molecule has 29 heavy (non-hydrogen) atoms. The van der Waals surface area contributed by atoms with Gasteiger partial charge in [-0.05, 0) is 43.2 Å². The number of nitrogens with zero attached hydrogens (tertiary/aromatic N) is 4. The van der Waals surface area contributed by atoms with Gasteiger partial charge in [0.25, 0.3) is 0 Å². The minimum Gasteiger partial charge on any atom is -0.465 e. The highest BCUT2D eigenvalue weighted by Crippen LogP contribution is 2.34. The molecule has 0 spiro atoms. The average Bonchev–Trinajstić information content (AvgIpc) is 3.37. The van der Waals surface area contributed by atoms with Crippen LogP contribution in [0.2, 0.25) is 0 Å². The highest BCUT2D eigenvalue weighted by atomic mass is 32.1. The number of carbonyl (C=O) groups excluding carboxylic acids is 1. The quantitative estimate of drug-likeness (QED) is 0.474. The van der Waals surface area contributed by atoms with E-state index in [9.17, 15) is 4.79 Å². The van der Waals surface area contributed by atoms with Crippen molar-refractivity contribution >= 4 is 38.4 Å². The maximum Gasteiger partial charge on any atom is 0.337 e. The summed E-state index contributed by atoms with van der Waals surface area (Å²) in [4.78, 5) is 19.0. The lowest BCUT2D eigenvalue weighted by Gasteiger charge is -2.30. The second-order valence-electron chi connectivity index (χ2n) is 7.46. The lowest BCUT2D eigenvalue weighted by atomic mass is 9.98. The summed E-state index contributed by atoms with van der Waals surface area (Å²) >= 11 is 1.83. The normalized spacial score (nSPS) is 15.9. The van der Waals surface area contributed by atoms with Gasteiger partial charge in [-0.1, -0.05) is 12.1 Å². The lowest BCUT2D eigenvalue weighted by Crippen LogP contribution is -2.34. The Labute approximate surface area is 172 Å². The summed E-state index contributed by atoms with van der Waals surface area (Å²) in [5.74, 6) is 0.220. The number of hydrogen-bond acceptors (Lipinski definition) is 6. The molecule has 0 saturated carbocycles. The minimum absolute atomic E-state index is 0.323. The number of benzene rings is 2. The molecule has 0 atom stereocenters. The smallest absolute Gasteiger partial charge is 0.337 e. The number of piperidine rings is 1. The van der Waals surface area contributed by atoms with E-state index in [1.54, 1.807) is 6.07 Å². The molecule has 6 nitrogen and oxygen atoms in total. The van der Waals surface area contributed by atoms with E-state index < -0.39 is 0 Å². The zero-order valence-electron chi connectivity index (χ0n) is 16.2. The van der Waals surface area contributed by atoms with Gasteiger partial charge >= 0.3 is 5.97 Å². The molecule has 148 valence electrons. The fourth-order valence-electron chi connectivity index (χ4n) is 4.02. The van der Waals surface area contributed by atoms with E-state index in [2.05, 4.69) is 34.3 Å². The van der Waals surface area contributed by atoms with Crippen molar-refractivity contribution in [2.45, 2.75) is 25.4 Å². The molecular formula is C22H22N4O2S. The number of aromatic nitrogens is 3. The molecule has 1 fully saturated rings. The molecular weight excluding hydrogens is 384 g/mol. The third-order valence-electron chi connectivity index (χ3n) is 5.64. The van der Waals surface area contributed by atoms with Crippen LogP contribution in [0, 0.1) is 0 Å². The molecule has 0 aliphatic carbocycles. The lowest BCUT2D eigenvalue weighted by molar-refractivity contribution is 0.0601. The van der Waals surface area contributed by atoms with Crippen LogP contribution in [0.3, 0.4) is 0 Å². The number of methoxy groups -OCH3 is 1. The molecule has 0 amide bonds. The van der Waals surface area contributed by atoms with Gasteiger partial charge in [0.15, 0.2) is 0 Å². The molecule has 2 aromatic heterocycles. The molecule has 4 aromatic rings. The molecule has 5 rings (SSSR count). The van der Waals surface area contributed by atoms with Crippen molar-refractivity contribution in [1.82, 2.24) is 19.7 Å². The molecule has 0 bridgehead atoms. The molecule has 2 aromatic carbocycles. The molecule has 1 saturated heterocycles. The zero-order valence-corrected chi connectivity index (χ0v) is 17.1. The Morgan fingerprint density at radius 2 is 2.03 bits per heavy atom. The largest absolute Gasteiger partial charge is 0.465 e. The van der Waals surface area contributed by atoms with Crippen molar-refractivity contribution in [2.24, 2.45) is 0 Å². The van der Waals surface area contributed by atoms with E-state index in [0.29, 0.717) is 11.5 Å². The summed E-state index contributed by atoms with van der Waals surface area (Å²) in [6, 6.07) is 14.0. The summed E-state index contributed by atoms with van der Waals surface area (Å²) in [5, 5.41) is 6.76. The van der Waals surface area contributed by atoms with Crippen LogP contribution >= 0.6 is 11.3 Å². The first kappa shape index (κ1) is 18.3. The Morgan fingerprint density at radius 3 is 2.83 bits per heavy atom. The van der Waals surface area contributed by atoms with E-state index in [-0.39, 0.29) is 5.97 Å². The van der Waals surface area contributed by atoms with E-state index in [4.69, 9.17) is 9.72 Å². The predicted octanol–water partition coefficient (Wildman–Crippen LogP) is 4.27. The summed E-state index contributed by atoms with van der Waals surface area (Å²) in [6.07, 6.45) is 4.05. The molecule has 1 aliphatic heterocycles. The number of hydrogen-bond donors (Lipinski definition) is 0. The summed E-state index contributed by atoms with van der Waals surface area (Å²) in [5.41, 5.74) is 2.70. The first-order valence-electron chi connectivity index (χ1n) is 9.83. The Morgan fingerprint density at radius 1 is 1.21 bits per heavy atom. The summed E-state index contributed by atoms with van der Waals surface area (Å²) in [7, 11) is 1.40. The van der Waals surface area contributed by atoms with Gasteiger partial charge in [-0.2, -0.15) is 5.10 Å². The Bertz CT molecular complexity index is 1140. The number of thiazole rings is 1. The van der Waals surface area contributed by atoms with Gasteiger partial charge in [-0.3, -0.25) is 9.58 Å². The minimum atomic E-state index is -0.323. The van der Waals surface area contributed by atoms with E-state index in [1.807, 2.05) is 34.3 Å². The standard InChI is InChI=1S/C22H22N4O2S/c1-28-22(27)16-6-7-19-17(12-16)13-23-26(19)14-25-10-8-15(9-11-25)21-24-18-4-2-3-5-20(18)29-21/h2-7,12-13,15H,8-11,14H2,1H3. The van der Waals surface area contributed by atoms with Crippen LogP contribution in [0.15, 0.2) is 48.7 Å². The fraction of sp³-hybridized carbons (Fsp3) is 0.318. The van der Waals surface area contributed by atoms with E-state index in [0.717, 1.165) is 49.0 Å². The van der Waals surface area contributed by atoms with Gasteiger partial charge in [-0.15, -0.1) is 11.3 Å². The van der Waals surface area contributed by atoms with Crippen molar-refractivity contribution in [3.8, 4) is 0 Å². The number of fused-ring (bicyclic) bond motifs is 2. The van der Waals surface area contributed by atoms with Gasteiger partial charge in [0.1, 0.15) is 0 Å². The maximum atomic E-state index is 11.7. The van der Waals surface area contributed by atoms with Crippen molar-refractivity contribution in [2.75, 3.05) is 20.2 Å². The topological polar surface area (TPSA) is 60.2 Å². The third kappa shape index (κ3) is 3.52. The number of carbonyl (C=O) groups is 1. The molecule has 7 heteroatoms. The van der Waals surface area contributed by atoms with Crippen LogP contribution in [0.25, 0.3) is 21.1 Å². The number of para-hydroxylation sites is 1. The highest BCUT2D eigenvalue weighted by molar-refractivity contribution is 7.18. The zero-order chi connectivity index (χ0) is 19.8. The first-order chi connectivity index (χ1) is 14.2. The van der Waals surface area contributed by atoms with Gasteiger partial charge in [0.2, 0.25) is 0 Å². The van der Waals surface area contributed by atoms with Crippen LogP contribution in [0.5, 0.6) is 0 Å². The van der Waals surface area contributed by atoms with Crippen LogP contribution in [-0.4, -0.2) is 45.8 Å². The summed E-state index contributed by atoms with van der Waals surface area (Å²) in [6.45, 7) is 2.82. The van der Waals surface area contributed by atoms with Crippen molar-refractivity contribution in [3.05, 3.63) is 59.2 Å². The van der Waals surface area contributed by atoms with Crippen LogP contribution in [0.4, 0.5) is 0 Å². The predicted molar refractivity (Wildman–Crippen MR) is 114 cm³/mol. The number of ether oxygens (including phenoxy) is 1. The van der Waals surface area contributed by atoms with Crippen LogP contribution in [0.1, 0.15) is 34.1 Å². The molecule has 0 N–H and O–H groups in total. The fourth-order valence-corrected chi connectivity index (χ4v) is 5.16. The van der Waals surface area contributed by atoms with E-state index in [1.165, 1.54) is 16.8 Å². The second kappa shape index (κ2) is 7.57. The monoisotopic (exact) mass is 406 g/mol. The van der Waals surface area contributed by atoms with Crippen LogP contribution in [-0.2, 0) is 11.4 Å². The average molecular weight is 407 g/mol. The van der Waals surface area contributed by atoms with E-state index >= 15 is 0 Å². The first-order valence-corrected chi connectivity index (χ1v) is 10.6. The SMILES string of the molecule is COC(=O)c1ccc2c(cnn2CN2CCC(c3nc4ccccc4s3)CC2)c1. The number of likely N-dealkylation sites (tertiary alicyclic amines) is 1. The number of rotatable bonds is 4. The van der Waals surface area contributed by atoms with Crippen molar-refractivity contribution in [3.63, 3.8) is 0 Å². The Hall–Kier alpha value is -2.77. The van der Waals surface area contributed by atoms with Gasteiger partial charge in [0, 0.05) is 24.4 Å². The van der Waals surface area contributed by atoms with Crippen molar-refractivity contribution in [1.29, 1.82) is 0 Å². The second-order valence-corrected chi connectivity index (χ2v) is 8.53. The van der Waals surface area contributed by atoms with Gasteiger partial charge in [0.05, 0.1) is 46.3 Å². The van der Waals surface area contributed by atoms with Crippen LogP contribution < -0.4 is 0 Å². The Balaban J connectivity index is 1.26. The molecule has 3 heterocycles. The number of esters is 1. The van der Waals surface area contributed by atoms with Gasteiger partial charge in [-0.25, -0.2) is 9.78 Å². The third-order valence-corrected chi connectivity index (χ3v) is 6.84. The highest BCUT2D eigenvalue weighted by Gasteiger charge is 2.24. The van der Waals surface area contributed by atoms with Gasteiger partial charge < -0.3 is 4.74 Å². The van der Waals surface area contributed by atoms with Crippen molar-refractivity contribution < 1.29 is 9.53 Å². The molecule has 1 aliphatic rings. The summed E-state index contributed by atoms with van der Waals surface area (Å²) < 4.78 is 8.09. The maximum absolute atomic E-state index is 11.7. The molecule has 0 unspecified atom stereocenters.